The van der Waals surface area contributed by atoms with Gasteiger partial charge < -0.3 is 10.6 Å². The van der Waals surface area contributed by atoms with Crippen molar-refractivity contribution in [3.05, 3.63) is 34.9 Å². The first-order valence-corrected chi connectivity index (χ1v) is 11.0. The molecule has 0 spiro atoms. The van der Waals surface area contributed by atoms with Gasteiger partial charge in [0, 0.05) is 46.5 Å². The number of halogens is 2. The highest BCUT2D eigenvalue weighted by Gasteiger charge is 2.25. The van der Waals surface area contributed by atoms with E-state index in [2.05, 4.69) is 21.7 Å². The average Bonchev–Trinajstić information content (AvgIpc) is 2.65. The van der Waals surface area contributed by atoms with Crippen molar-refractivity contribution in [2.24, 2.45) is 4.99 Å². The second-order valence-corrected chi connectivity index (χ2v) is 8.91. The predicted octanol–water partition coefficient (Wildman–Crippen LogP) is 4.14. The highest BCUT2D eigenvalue weighted by molar-refractivity contribution is 14.0. The van der Waals surface area contributed by atoms with Gasteiger partial charge in [-0.05, 0) is 43.7 Å². The zero-order valence-electron chi connectivity index (χ0n) is 15.7. The van der Waals surface area contributed by atoms with E-state index in [0.29, 0.717) is 11.3 Å². The molecule has 1 saturated carbocycles. The molecule has 1 fully saturated rings. The van der Waals surface area contributed by atoms with Gasteiger partial charge in [0.1, 0.15) is 0 Å². The Bertz CT molecular complexity index is 600. The molecule has 0 heterocycles. The third-order valence-corrected chi connectivity index (χ3v) is 6.83. The van der Waals surface area contributed by atoms with Crippen LogP contribution >= 0.6 is 35.6 Å². The van der Waals surface area contributed by atoms with E-state index < -0.39 is 10.8 Å². The molecule has 0 aromatic heterocycles. The Morgan fingerprint density at radius 2 is 2.12 bits per heavy atom. The van der Waals surface area contributed by atoms with E-state index >= 15 is 0 Å². The van der Waals surface area contributed by atoms with Gasteiger partial charge >= 0.3 is 0 Å². The Balaban J connectivity index is 0.00000338. The molecule has 148 valence electrons. The molecule has 1 aromatic rings. The first-order valence-electron chi connectivity index (χ1n) is 9.21. The lowest BCUT2D eigenvalue weighted by atomic mass is 9.95. The number of hydrogen-bond acceptors (Lipinski definition) is 2. The predicted molar refractivity (Wildman–Crippen MR) is 124 cm³/mol. The second kappa shape index (κ2) is 12.9. The number of nitrogens with one attached hydrogen (secondary N) is 2. The monoisotopic (exact) mass is 511 g/mol. The molecule has 4 nitrogen and oxygen atoms in total. The van der Waals surface area contributed by atoms with Crippen molar-refractivity contribution in [2.45, 2.75) is 56.7 Å². The number of guanidine groups is 1. The van der Waals surface area contributed by atoms with E-state index in [1.807, 2.05) is 25.1 Å². The van der Waals surface area contributed by atoms with Gasteiger partial charge in [-0.2, -0.15) is 0 Å². The summed E-state index contributed by atoms with van der Waals surface area (Å²) in [6.45, 7) is 2.86. The largest absolute Gasteiger partial charge is 0.356 e. The molecule has 2 rings (SSSR count). The standard InChI is InChI=1S/C19H30ClN3OS.HI/c1-3-25(24)17-11-6-10-16(14-17)23-19(21-2)22-13-7-9-15-8-4-5-12-18(15)20;/h4-5,8,12,16-17H,3,6-7,9-11,13-14H2,1-2H3,(H2,21,22,23);1H. The molecule has 0 amide bonds. The second-order valence-electron chi connectivity index (χ2n) is 6.49. The van der Waals surface area contributed by atoms with Crippen LogP contribution in [-0.4, -0.2) is 40.8 Å². The molecule has 3 unspecified atom stereocenters. The van der Waals surface area contributed by atoms with Gasteiger partial charge in [-0.15, -0.1) is 24.0 Å². The van der Waals surface area contributed by atoms with Crippen molar-refractivity contribution in [3.63, 3.8) is 0 Å². The zero-order chi connectivity index (χ0) is 18.1. The summed E-state index contributed by atoms with van der Waals surface area (Å²) < 4.78 is 12.1. The van der Waals surface area contributed by atoms with Crippen molar-refractivity contribution in [1.29, 1.82) is 0 Å². The number of aryl methyl sites for hydroxylation is 1. The number of nitrogens with zero attached hydrogens (tertiary/aromatic N) is 1. The van der Waals surface area contributed by atoms with E-state index in [9.17, 15) is 4.21 Å². The van der Waals surface area contributed by atoms with E-state index in [1.165, 1.54) is 5.56 Å². The molecule has 1 aromatic carbocycles. The Hall–Kier alpha value is -0.340. The van der Waals surface area contributed by atoms with Gasteiger partial charge in [0.25, 0.3) is 0 Å². The zero-order valence-corrected chi connectivity index (χ0v) is 19.6. The maximum atomic E-state index is 12.1. The molecule has 0 bridgehead atoms. The molecule has 26 heavy (non-hydrogen) atoms. The molecule has 1 aliphatic rings. The van der Waals surface area contributed by atoms with Crippen LogP contribution in [0, 0.1) is 0 Å². The summed E-state index contributed by atoms with van der Waals surface area (Å²) in [7, 11) is 1.11. The minimum Gasteiger partial charge on any atom is -0.356 e. The maximum Gasteiger partial charge on any atom is 0.191 e. The quantitative estimate of drug-likeness (QED) is 0.250. The van der Waals surface area contributed by atoms with E-state index in [4.69, 9.17) is 11.6 Å². The summed E-state index contributed by atoms with van der Waals surface area (Å²) in [5, 5.41) is 8.05. The van der Waals surface area contributed by atoms with Crippen LogP contribution in [-0.2, 0) is 17.2 Å². The fourth-order valence-corrected chi connectivity index (χ4v) is 4.90. The van der Waals surface area contributed by atoms with Crippen LogP contribution in [0.3, 0.4) is 0 Å². The van der Waals surface area contributed by atoms with E-state index in [0.717, 1.165) is 61.8 Å². The van der Waals surface area contributed by atoms with Crippen LogP contribution in [0.15, 0.2) is 29.3 Å². The normalized spacial score (nSPS) is 21.6. The highest BCUT2D eigenvalue weighted by atomic mass is 127. The number of aliphatic imine (C=N–C) groups is 1. The Kier molecular flexibility index (Phi) is 11.8. The van der Waals surface area contributed by atoms with Gasteiger partial charge in [-0.25, -0.2) is 0 Å². The SMILES string of the molecule is CCS(=O)C1CCCC(NC(=NC)NCCCc2ccccc2Cl)C1.I. The third-order valence-electron chi connectivity index (χ3n) is 4.72. The van der Waals surface area contributed by atoms with E-state index in [1.54, 1.807) is 7.05 Å². The van der Waals surface area contributed by atoms with Crippen LogP contribution < -0.4 is 10.6 Å². The molecule has 2 N–H and O–H groups in total. The summed E-state index contributed by atoms with van der Waals surface area (Å²) in [6, 6.07) is 8.35. The first kappa shape index (κ1) is 23.7. The molecule has 3 atom stereocenters. The summed E-state index contributed by atoms with van der Waals surface area (Å²) in [4.78, 5) is 4.33. The minimum atomic E-state index is -0.694. The van der Waals surface area contributed by atoms with Crippen molar-refractivity contribution in [2.75, 3.05) is 19.3 Å². The molecule has 0 saturated heterocycles. The van der Waals surface area contributed by atoms with Gasteiger partial charge in [0.15, 0.2) is 5.96 Å². The van der Waals surface area contributed by atoms with Gasteiger partial charge in [0.2, 0.25) is 0 Å². The molecular formula is C19H31ClIN3OS. The fourth-order valence-electron chi connectivity index (χ4n) is 3.33. The molecule has 0 radical (unpaired) electrons. The topological polar surface area (TPSA) is 53.5 Å². The summed E-state index contributed by atoms with van der Waals surface area (Å²) in [5.74, 6) is 1.60. The lowest BCUT2D eigenvalue weighted by Crippen LogP contribution is -2.46. The fraction of sp³-hybridized carbons (Fsp3) is 0.632. The van der Waals surface area contributed by atoms with Crippen molar-refractivity contribution < 1.29 is 4.21 Å². The van der Waals surface area contributed by atoms with Crippen LogP contribution in [0.25, 0.3) is 0 Å². The molecular weight excluding hydrogens is 481 g/mol. The third kappa shape index (κ3) is 7.72. The Labute approximate surface area is 182 Å². The molecule has 0 aliphatic heterocycles. The Morgan fingerprint density at radius 1 is 1.35 bits per heavy atom. The smallest absolute Gasteiger partial charge is 0.191 e. The lowest BCUT2D eigenvalue weighted by molar-refractivity contribution is 0.413. The first-order chi connectivity index (χ1) is 12.1. The maximum absolute atomic E-state index is 12.1. The minimum absolute atomic E-state index is 0. The van der Waals surface area contributed by atoms with Crippen LogP contribution in [0.5, 0.6) is 0 Å². The van der Waals surface area contributed by atoms with Crippen molar-refractivity contribution in [3.8, 4) is 0 Å². The number of benzene rings is 1. The van der Waals surface area contributed by atoms with Crippen molar-refractivity contribution >= 4 is 52.3 Å². The highest BCUT2D eigenvalue weighted by Crippen LogP contribution is 2.23. The van der Waals surface area contributed by atoms with Gasteiger partial charge in [-0.1, -0.05) is 43.1 Å². The Morgan fingerprint density at radius 3 is 2.81 bits per heavy atom. The van der Waals surface area contributed by atoms with Crippen LogP contribution in [0.4, 0.5) is 0 Å². The molecule has 1 aliphatic carbocycles. The summed E-state index contributed by atoms with van der Waals surface area (Å²) >= 11 is 6.19. The van der Waals surface area contributed by atoms with Gasteiger partial charge in [-0.3, -0.25) is 9.20 Å². The number of hydrogen-bond donors (Lipinski definition) is 2. The summed E-state index contributed by atoms with van der Waals surface area (Å²) in [6.07, 6.45) is 6.26. The van der Waals surface area contributed by atoms with Crippen LogP contribution in [0.1, 0.15) is 44.6 Å². The molecule has 7 heteroatoms. The van der Waals surface area contributed by atoms with Crippen molar-refractivity contribution in [1.82, 2.24) is 10.6 Å². The van der Waals surface area contributed by atoms with Gasteiger partial charge in [0.05, 0.1) is 0 Å². The number of rotatable bonds is 7. The van der Waals surface area contributed by atoms with Crippen LogP contribution in [0.2, 0.25) is 5.02 Å². The summed E-state index contributed by atoms with van der Waals surface area (Å²) in [5.41, 5.74) is 1.19. The lowest BCUT2D eigenvalue weighted by Gasteiger charge is -2.30. The van der Waals surface area contributed by atoms with E-state index in [-0.39, 0.29) is 24.0 Å². The average molecular weight is 512 g/mol.